The molecule has 2 aliphatic rings. The standard InChI is InChI=1S/C23H24FN3O4S/c24-17-6-7-19-21(14-17)31-25-23(19)16-8-12-26(13-9-16)10-3-11-27-15-20(28)18-4-1-2-5-22(18)32(27,29)30/h1-2,4-7,14,16H,3,8-13,15H2. The van der Waals surface area contributed by atoms with Crippen LogP contribution in [0.15, 0.2) is 51.9 Å². The van der Waals surface area contributed by atoms with Crippen LogP contribution in [0.2, 0.25) is 0 Å². The fourth-order valence-corrected chi connectivity index (χ4v) is 6.36. The number of carbonyl (C=O) groups excluding carboxylic acids is 1. The second-order valence-electron chi connectivity index (χ2n) is 8.44. The van der Waals surface area contributed by atoms with E-state index in [0.29, 0.717) is 18.5 Å². The first-order valence-corrected chi connectivity index (χ1v) is 12.3. The smallest absolute Gasteiger partial charge is 0.244 e. The van der Waals surface area contributed by atoms with Crippen LogP contribution in [-0.2, 0) is 10.0 Å². The van der Waals surface area contributed by atoms with Crippen molar-refractivity contribution in [3.8, 4) is 0 Å². The number of fused-ring (bicyclic) bond motifs is 2. The van der Waals surface area contributed by atoms with Gasteiger partial charge < -0.3 is 9.42 Å². The molecular formula is C23H24FN3O4S. The van der Waals surface area contributed by atoms with E-state index in [9.17, 15) is 17.6 Å². The van der Waals surface area contributed by atoms with Gasteiger partial charge in [0.1, 0.15) is 5.82 Å². The number of piperidine rings is 1. The third-order valence-corrected chi connectivity index (χ3v) is 8.35. The highest BCUT2D eigenvalue weighted by atomic mass is 32.2. The number of hydrogen-bond donors (Lipinski definition) is 0. The van der Waals surface area contributed by atoms with Crippen molar-refractivity contribution in [2.75, 3.05) is 32.7 Å². The number of nitrogens with zero attached hydrogens (tertiary/aromatic N) is 3. The van der Waals surface area contributed by atoms with Crippen molar-refractivity contribution in [3.05, 3.63) is 59.5 Å². The molecule has 5 rings (SSSR count). The minimum Gasteiger partial charge on any atom is -0.356 e. The van der Waals surface area contributed by atoms with Crippen LogP contribution in [-0.4, -0.2) is 61.3 Å². The third kappa shape index (κ3) is 3.85. The van der Waals surface area contributed by atoms with Crippen molar-refractivity contribution in [2.24, 2.45) is 0 Å². The maximum Gasteiger partial charge on any atom is 0.244 e. The second-order valence-corrected chi connectivity index (χ2v) is 10.3. The monoisotopic (exact) mass is 457 g/mol. The maximum atomic E-state index is 13.4. The van der Waals surface area contributed by atoms with Crippen molar-refractivity contribution in [1.29, 1.82) is 0 Å². The Bertz CT molecular complexity index is 1270. The van der Waals surface area contributed by atoms with E-state index in [-0.39, 0.29) is 34.5 Å². The molecule has 3 heterocycles. The van der Waals surface area contributed by atoms with E-state index in [1.54, 1.807) is 24.3 Å². The molecule has 0 amide bonds. The Hall–Kier alpha value is -2.62. The molecule has 0 aliphatic carbocycles. The molecule has 1 aromatic heterocycles. The Balaban J connectivity index is 1.16. The summed E-state index contributed by atoms with van der Waals surface area (Å²) < 4.78 is 45.7. The van der Waals surface area contributed by atoms with Crippen molar-refractivity contribution >= 4 is 26.8 Å². The first-order valence-electron chi connectivity index (χ1n) is 10.8. The summed E-state index contributed by atoms with van der Waals surface area (Å²) in [5.74, 6) is -0.235. The highest BCUT2D eigenvalue weighted by molar-refractivity contribution is 7.89. The van der Waals surface area contributed by atoms with E-state index < -0.39 is 10.0 Å². The van der Waals surface area contributed by atoms with Gasteiger partial charge in [-0.1, -0.05) is 17.3 Å². The van der Waals surface area contributed by atoms with Crippen LogP contribution in [0.1, 0.15) is 41.2 Å². The molecule has 0 unspecified atom stereocenters. The quantitative estimate of drug-likeness (QED) is 0.584. The molecule has 168 valence electrons. The summed E-state index contributed by atoms with van der Waals surface area (Å²) in [4.78, 5) is 14.8. The van der Waals surface area contributed by atoms with Gasteiger partial charge in [0, 0.05) is 29.5 Å². The molecule has 0 bridgehead atoms. The molecule has 3 aromatic rings. The van der Waals surface area contributed by atoms with Crippen molar-refractivity contribution in [1.82, 2.24) is 14.4 Å². The summed E-state index contributed by atoms with van der Waals surface area (Å²) in [5, 5.41) is 5.05. The summed E-state index contributed by atoms with van der Waals surface area (Å²) >= 11 is 0. The van der Waals surface area contributed by atoms with Gasteiger partial charge in [-0.05, 0) is 63.2 Å². The summed E-state index contributed by atoms with van der Waals surface area (Å²) in [7, 11) is -3.63. The third-order valence-electron chi connectivity index (χ3n) is 6.44. The van der Waals surface area contributed by atoms with E-state index in [4.69, 9.17) is 4.52 Å². The fourth-order valence-electron chi connectivity index (χ4n) is 4.72. The lowest BCUT2D eigenvalue weighted by Gasteiger charge is -2.32. The van der Waals surface area contributed by atoms with Crippen LogP contribution in [0.25, 0.3) is 11.0 Å². The topological polar surface area (TPSA) is 83.7 Å². The molecule has 7 nitrogen and oxygen atoms in total. The first kappa shape index (κ1) is 21.2. The number of hydrogen-bond acceptors (Lipinski definition) is 6. The summed E-state index contributed by atoms with van der Waals surface area (Å²) in [6.07, 6.45) is 2.48. The molecule has 0 saturated carbocycles. The molecule has 32 heavy (non-hydrogen) atoms. The first-order chi connectivity index (χ1) is 15.4. The number of Topliss-reactive ketones (excluding diaryl/α,β-unsaturated/α-hetero) is 1. The predicted octanol–water partition coefficient (Wildman–Crippen LogP) is 3.42. The Morgan fingerprint density at radius 3 is 2.69 bits per heavy atom. The Kier molecular flexibility index (Phi) is 5.56. The molecule has 1 fully saturated rings. The number of carbonyl (C=O) groups is 1. The van der Waals surface area contributed by atoms with Gasteiger partial charge in [-0.3, -0.25) is 4.79 Å². The Morgan fingerprint density at radius 2 is 1.88 bits per heavy atom. The zero-order chi connectivity index (χ0) is 22.3. The minimum atomic E-state index is -3.63. The van der Waals surface area contributed by atoms with E-state index in [1.165, 1.54) is 22.5 Å². The lowest BCUT2D eigenvalue weighted by molar-refractivity contribution is 0.0953. The van der Waals surface area contributed by atoms with Crippen LogP contribution < -0.4 is 0 Å². The normalized spacial score (nSPS) is 20.0. The minimum absolute atomic E-state index is 0.0960. The van der Waals surface area contributed by atoms with Gasteiger partial charge in [-0.25, -0.2) is 12.8 Å². The zero-order valence-electron chi connectivity index (χ0n) is 17.5. The zero-order valence-corrected chi connectivity index (χ0v) is 18.4. The van der Waals surface area contributed by atoms with E-state index in [2.05, 4.69) is 10.1 Å². The fraction of sp³-hybridized carbons (Fsp3) is 0.391. The molecule has 1 saturated heterocycles. The molecule has 0 spiro atoms. The highest BCUT2D eigenvalue weighted by Crippen LogP contribution is 2.33. The van der Waals surface area contributed by atoms with Gasteiger partial charge >= 0.3 is 0 Å². The van der Waals surface area contributed by atoms with E-state index in [0.717, 1.165) is 43.6 Å². The largest absolute Gasteiger partial charge is 0.356 e. The van der Waals surface area contributed by atoms with Gasteiger partial charge in [0.15, 0.2) is 11.4 Å². The predicted molar refractivity (Wildman–Crippen MR) is 117 cm³/mol. The lowest BCUT2D eigenvalue weighted by Crippen LogP contribution is -2.42. The average Bonchev–Trinajstić information content (AvgIpc) is 3.21. The molecule has 9 heteroatoms. The molecular weight excluding hydrogens is 433 g/mol. The molecule has 0 atom stereocenters. The van der Waals surface area contributed by atoms with Crippen LogP contribution in [0.5, 0.6) is 0 Å². The SMILES string of the molecule is O=C1CN(CCCN2CCC(c3noc4cc(F)ccc34)CC2)S(=O)(=O)c2ccccc21. The number of ketones is 1. The average molecular weight is 458 g/mol. The number of aromatic nitrogens is 1. The van der Waals surface area contributed by atoms with Gasteiger partial charge in [-0.15, -0.1) is 0 Å². The lowest BCUT2D eigenvalue weighted by atomic mass is 9.91. The Morgan fingerprint density at radius 1 is 1.09 bits per heavy atom. The Labute approximate surface area is 185 Å². The number of sulfonamides is 1. The molecule has 0 radical (unpaired) electrons. The van der Waals surface area contributed by atoms with E-state index in [1.807, 2.05) is 0 Å². The van der Waals surface area contributed by atoms with Crippen LogP contribution in [0, 0.1) is 5.82 Å². The van der Waals surface area contributed by atoms with Crippen LogP contribution in [0.3, 0.4) is 0 Å². The van der Waals surface area contributed by atoms with Gasteiger partial charge in [-0.2, -0.15) is 4.31 Å². The highest BCUT2D eigenvalue weighted by Gasteiger charge is 2.35. The van der Waals surface area contributed by atoms with Gasteiger partial charge in [0.05, 0.1) is 17.1 Å². The summed E-state index contributed by atoms with van der Waals surface area (Å²) in [6, 6.07) is 10.9. The van der Waals surface area contributed by atoms with Crippen molar-refractivity contribution in [2.45, 2.75) is 30.1 Å². The molecule has 0 N–H and O–H groups in total. The van der Waals surface area contributed by atoms with Crippen molar-refractivity contribution < 1.29 is 22.1 Å². The van der Waals surface area contributed by atoms with Gasteiger partial charge in [0.25, 0.3) is 0 Å². The molecule has 2 aromatic carbocycles. The van der Waals surface area contributed by atoms with Gasteiger partial charge in [0.2, 0.25) is 10.0 Å². The second kappa shape index (κ2) is 8.38. The number of halogens is 1. The van der Waals surface area contributed by atoms with E-state index >= 15 is 0 Å². The molecule has 2 aliphatic heterocycles. The number of likely N-dealkylation sites (tertiary alicyclic amines) is 1. The van der Waals surface area contributed by atoms with Crippen LogP contribution in [0.4, 0.5) is 4.39 Å². The summed E-state index contributed by atoms with van der Waals surface area (Å²) in [5.41, 5.74) is 1.64. The maximum absolute atomic E-state index is 13.4. The van der Waals surface area contributed by atoms with Crippen LogP contribution >= 0.6 is 0 Å². The number of benzene rings is 2. The van der Waals surface area contributed by atoms with Crippen molar-refractivity contribution in [3.63, 3.8) is 0 Å². The number of rotatable bonds is 5. The summed E-state index contributed by atoms with van der Waals surface area (Å²) in [6.45, 7) is 2.73.